The molecule has 0 spiro atoms. The van der Waals surface area contributed by atoms with Crippen LogP contribution in [0.2, 0.25) is 12.1 Å². The van der Waals surface area contributed by atoms with Crippen molar-refractivity contribution in [3.8, 4) is 0 Å². The number of hydrogen-bond donors (Lipinski definition) is 0. The molecule has 0 N–H and O–H groups in total. The lowest BCUT2D eigenvalue weighted by Crippen LogP contribution is -2.21. The SMILES string of the molecule is FC(F)(CCC[SiH3])OCC[SiH3]. The Morgan fingerprint density at radius 1 is 1.18 bits per heavy atom. The van der Waals surface area contributed by atoms with Gasteiger partial charge in [-0.2, -0.15) is 8.78 Å². The summed E-state index contributed by atoms with van der Waals surface area (Å²) in [4.78, 5) is 0. The zero-order valence-corrected chi connectivity index (χ0v) is 11.2. The zero-order chi connectivity index (χ0) is 8.74. The summed E-state index contributed by atoms with van der Waals surface area (Å²) in [7, 11) is 1.94. The fraction of sp³-hybridized carbons (Fsp3) is 1.00. The van der Waals surface area contributed by atoms with Gasteiger partial charge in [0, 0.05) is 33.5 Å². The summed E-state index contributed by atoms with van der Waals surface area (Å²) in [6, 6.07) is 1.72. The highest BCUT2D eigenvalue weighted by Gasteiger charge is 2.27. The third-order valence-corrected chi connectivity index (χ3v) is 2.45. The topological polar surface area (TPSA) is 9.23 Å². The van der Waals surface area contributed by atoms with Gasteiger partial charge >= 0.3 is 6.11 Å². The minimum Gasteiger partial charge on any atom is -0.321 e. The Hall–Kier alpha value is 0.254. The van der Waals surface area contributed by atoms with Crippen molar-refractivity contribution in [2.45, 2.75) is 31.0 Å². The van der Waals surface area contributed by atoms with Gasteiger partial charge in [0.2, 0.25) is 0 Å². The summed E-state index contributed by atoms with van der Waals surface area (Å²) in [6.07, 6.45) is -2.35. The molecule has 0 radical (unpaired) electrons. The molecule has 0 atom stereocenters. The number of halogens is 2. The van der Waals surface area contributed by atoms with Crippen molar-refractivity contribution < 1.29 is 13.5 Å². The van der Waals surface area contributed by atoms with Crippen LogP contribution in [0.5, 0.6) is 0 Å². The van der Waals surface area contributed by atoms with E-state index in [1.54, 1.807) is 0 Å². The zero-order valence-electron chi connectivity index (χ0n) is 7.20. The van der Waals surface area contributed by atoms with Crippen LogP contribution in [0, 0.1) is 0 Å². The number of rotatable bonds is 6. The van der Waals surface area contributed by atoms with E-state index in [9.17, 15) is 8.78 Å². The highest BCUT2D eigenvalue weighted by atomic mass is 28.1. The molecule has 5 heteroatoms. The van der Waals surface area contributed by atoms with E-state index in [2.05, 4.69) is 4.74 Å². The molecule has 0 saturated carbocycles. The molecule has 0 aliphatic heterocycles. The first-order chi connectivity index (χ1) is 5.12. The Balaban J connectivity index is 3.43. The van der Waals surface area contributed by atoms with Crippen LogP contribution < -0.4 is 0 Å². The minimum absolute atomic E-state index is 0.0992. The first kappa shape index (κ1) is 11.3. The molecule has 0 bridgehead atoms. The van der Waals surface area contributed by atoms with E-state index in [0.29, 0.717) is 6.42 Å². The fourth-order valence-corrected chi connectivity index (χ4v) is 1.26. The maximum absolute atomic E-state index is 12.6. The number of hydrogen-bond acceptors (Lipinski definition) is 1. The second-order valence-electron chi connectivity index (χ2n) is 2.59. The fourth-order valence-electron chi connectivity index (χ4n) is 0.706. The summed E-state index contributed by atoms with van der Waals surface area (Å²) >= 11 is 0. The molecule has 0 fully saturated rings. The molecule has 0 aromatic rings. The standard InChI is InChI=1S/C6H16F2OSi2/c7-6(8,2-1-4-10)9-3-5-11/h1-5H2,10-11H3. The maximum Gasteiger partial charge on any atom is 0.355 e. The smallest absolute Gasteiger partial charge is 0.321 e. The summed E-state index contributed by atoms with van der Waals surface area (Å²) < 4.78 is 29.6. The molecule has 1 nitrogen and oxygen atoms in total. The third kappa shape index (κ3) is 6.64. The summed E-state index contributed by atoms with van der Waals surface area (Å²) in [5, 5.41) is 0. The van der Waals surface area contributed by atoms with E-state index in [-0.39, 0.29) is 13.0 Å². The van der Waals surface area contributed by atoms with Crippen molar-refractivity contribution in [3.05, 3.63) is 0 Å². The van der Waals surface area contributed by atoms with E-state index in [4.69, 9.17) is 0 Å². The van der Waals surface area contributed by atoms with Crippen molar-refractivity contribution in [2.75, 3.05) is 6.61 Å². The molecule has 68 valence electrons. The van der Waals surface area contributed by atoms with Crippen LogP contribution in [0.4, 0.5) is 8.78 Å². The lowest BCUT2D eigenvalue weighted by atomic mass is 10.3. The average Bonchev–Trinajstić information content (AvgIpc) is 1.97. The van der Waals surface area contributed by atoms with E-state index in [0.717, 1.165) is 32.6 Å². The third-order valence-electron chi connectivity index (χ3n) is 1.34. The van der Waals surface area contributed by atoms with E-state index in [1.807, 2.05) is 0 Å². The summed E-state index contributed by atoms with van der Waals surface area (Å²) in [6.45, 7) is 0.223. The molecule has 0 unspecified atom stereocenters. The van der Waals surface area contributed by atoms with Gasteiger partial charge in [0.15, 0.2) is 0 Å². The Labute approximate surface area is 72.4 Å². The van der Waals surface area contributed by atoms with Gasteiger partial charge in [-0.3, -0.25) is 0 Å². The maximum atomic E-state index is 12.6. The first-order valence-electron chi connectivity index (χ1n) is 4.14. The van der Waals surface area contributed by atoms with Crippen LogP contribution in [0.3, 0.4) is 0 Å². The van der Waals surface area contributed by atoms with E-state index < -0.39 is 6.11 Å². The van der Waals surface area contributed by atoms with Gasteiger partial charge in [0.05, 0.1) is 0 Å². The predicted molar refractivity (Wildman–Crippen MR) is 49.6 cm³/mol. The highest BCUT2D eigenvalue weighted by Crippen LogP contribution is 2.22. The lowest BCUT2D eigenvalue weighted by Gasteiger charge is -2.15. The van der Waals surface area contributed by atoms with Crippen molar-refractivity contribution in [2.24, 2.45) is 0 Å². The van der Waals surface area contributed by atoms with E-state index >= 15 is 0 Å². The molecule has 0 heterocycles. The molecular weight excluding hydrogens is 182 g/mol. The van der Waals surface area contributed by atoms with Gasteiger partial charge in [-0.25, -0.2) is 0 Å². The van der Waals surface area contributed by atoms with Gasteiger partial charge < -0.3 is 4.74 Å². The lowest BCUT2D eigenvalue weighted by molar-refractivity contribution is -0.239. The molecule has 0 aliphatic carbocycles. The summed E-state index contributed by atoms with van der Waals surface area (Å²) in [5.41, 5.74) is 0. The quantitative estimate of drug-likeness (QED) is 0.544. The normalized spacial score (nSPS) is 12.5. The molecule has 0 aromatic heterocycles. The Bertz CT molecular complexity index is 90.6. The van der Waals surface area contributed by atoms with Crippen molar-refractivity contribution >= 4 is 20.5 Å². The van der Waals surface area contributed by atoms with Crippen LogP contribution >= 0.6 is 0 Å². The van der Waals surface area contributed by atoms with Crippen molar-refractivity contribution in [1.82, 2.24) is 0 Å². The van der Waals surface area contributed by atoms with Crippen LogP contribution in [0.15, 0.2) is 0 Å². The number of ether oxygens (including phenoxy) is 1. The number of alkyl halides is 2. The monoisotopic (exact) mass is 198 g/mol. The Kier molecular flexibility index (Phi) is 5.98. The van der Waals surface area contributed by atoms with Crippen LogP contribution in [-0.2, 0) is 4.74 Å². The highest BCUT2D eigenvalue weighted by molar-refractivity contribution is 6.08. The van der Waals surface area contributed by atoms with Crippen LogP contribution in [-0.4, -0.2) is 33.2 Å². The first-order valence-corrected chi connectivity index (χ1v) is 6.97. The Morgan fingerprint density at radius 2 is 1.82 bits per heavy atom. The summed E-state index contributed by atoms with van der Waals surface area (Å²) in [5.74, 6) is 0. The van der Waals surface area contributed by atoms with Gasteiger partial charge in [-0.05, 0) is 12.5 Å². The molecule has 11 heavy (non-hydrogen) atoms. The van der Waals surface area contributed by atoms with Crippen molar-refractivity contribution in [1.29, 1.82) is 0 Å². The molecule has 0 aromatic carbocycles. The second-order valence-corrected chi connectivity index (χ2v) is 4.59. The van der Waals surface area contributed by atoms with Gasteiger partial charge in [-0.15, -0.1) is 0 Å². The molecule has 0 amide bonds. The van der Waals surface area contributed by atoms with Gasteiger partial charge in [0.25, 0.3) is 0 Å². The minimum atomic E-state index is -2.85. The second kappa shape index (κ2) is 5.85. The van der Waals surface area contributed by atoms with Gasteiger partial charge in [-0.1, -0.05) is 6.04 Å². The molecular formula is C6H16F2OSi2. The van der Waals surface area contributed by atoms with Gasteiger partial charge in [0.1, 0.15) is 0 Å². The van der Waals surface area contributed by atoms with Crippen molar-refractivity contribution in [3.63, 3.8) is 0 Å². The Morgan fingerprint density at radius 3 is 2.27 bits per heavy atom. The molecule has 0 saturated heterocycles. The molecule has 0 rings (SSSR count). The average molecular weight is 198 g/mol. The van der Waals surface area contributed by atoms with E-state index in [1.165, 1.54) is 0 Å². The van der Waals surface area contributed by atoms with Crippen LogP contribution in [0.25, 0.3) is 0 Å². The van der Waals surface area contributed by atoms with Crippen LogP contribution in [0.1, 0.15) is 12.8 Å². The predicted octanol–water partition coefficient (Wildman–Crippen LogP) is -0.0566. The largest absolute Gasteiger partial charge is 0.355 e. The molecule has 0 aliphatic rings.